The third kappa shape index (κ3) is 4.25. The van der Waals surface area contributed by atoms with Crippen molar-refractivity contribution in [1.29, 1.82) is 0 Å². The number of hydrogen-bond acceptors (Lipinski definition) is 4. The summed E-state index contributed by atoms with van der Waals surface area (Å²) in [4.78, 5) is 11.1. The lowest BCUT2D eigenvalue weighted by Crippen LogP contribution is -2.25. The number of thioether (sulfide) groups is 1. The number of hydrogen-bond donors (Lipinski definition) is 0. The van der Waals surface area contributed by atoms with Crippen LogP contribution in [0.15, 0.2) is 41.5 Å². The summed E-state index contributed by atoms with van der Waals surface area (Å²) in [6.45, 7) is 1.70. The monoisotopic (exact) mass is 379 g/mol. The van der Waals surface area contributed by atoms with Crippen LogP contribution < -0.4 is 4.74 Å². The fraction of sp³-hybridized carbons (Fsp3) is 0.333. The second-order valence-electron chi connectivity index (χ2n) is 5.75. The molecule has 1 aliphatic heterocycles. The molecule has 0 saturated carbocycles. The van der Waals surface area contributed by atoms with E-state index in [1.54, 1.807) is 37.2 Å². The van der Waals surface area contributed by atoms with Gasteiger partial charge < -0.3 is 9.64 Å². The standard InChI is InChI=1S/C18H19ClFN3OS/c1-24-17-6-4-14(10-21-17)22-18(25-2)23-8-7-12(11-23)15-5-3-13(20)9-16(15)19/h3-6,9-10,12H,7-8,11H2,1-2H3. The van der Waals surface area contributed by atoms with E-state index in [1.165, 1.54) is 12.1 Å². The zero-order valence-electron chi connectivity index (χ0n) is 14.1. The number of pyridine rings is 1. The summed E-state index contributed by atoms with van der Waals surface area (Å²) in [6.07, 6.45) is 4.67. The molecule has 1 atom stereocenters. The third-order valence-electron chi connectivity index (χ3n) is 4.20. The minimum absolute atomic E-state index is 0.277. The Labute approximate surface area is 156 Å². The van der Waals surface area contributed by atoms with E-state index in [0.29, 0.717) is 10.9 Å². The van der Waals surface area contributed by atoms with Gasteiger partial charge in [-0.15, -0.1) is 0 Å². The number of aromatic nitrogens is 1. The summed E-state index contributed by atoms with van der Waals surface area (Å²) in [7, 11) is 1.59. The van der Waals surface area contributed by atoms with Gasteiger partial charge in [0.1, 0.15) is 5.82 Å². The summed E-state index contributed by atoms with van der Waals surface area (Å²) in [5.74, 6) is 0.540. The molecule has 1 aromatic heterocycles. The number of amidine groups is 1. The van der Waals surface area contributed by atoms with E-state index in [2.05, 4.69) is 9.88 Å². The summed E-state index contributed by atoms with van der Waals surface area (Å²) in [5, 5.41) is 1.43. The number of benzene rings is 1. The van der Waals surface area contributed by atoms with Crippen molar-refractivity contribution in [2.75, 3.05) is 26.5 Å². The molecule has 3 rings (SSSR count). The first-order valence-corrected chi connectivity index (χ1v) is 9.53. The average molecular weight is 380 g/mol. The molecule has 7 heteroatoms. The highest BCUT2D eigenvalue weighted by Gasteiger charge is 2.27. The summed E-state index contributed by atoms with van der Waals surface area (Å²) >= 11 is 7.81. The van der Waals surface area contributed by atoms with Gasteiger partial charge in [-0.25, -0.2) is 14.4 Å². The Hall–Kier alpha value is -1.79. The van der Waals surface area contributed by atoms with Crippen LogP contribution in [-0.4, -0.2) is 41.5 Å². The second kappa shape index (κ2) is 8.06. The fourth-order valence-electron chi connectivity index (χ4n) is 2.94. The van der Waals surface area contributed by atoms with Crippen LogP contribution >= 0.6 is 23.4 Å². The number of ether oxygens (including phenoxy) is 1. The van der Waals surface area contributed by atoms with Crippen molar-refractivity contribution in [3.63, 3.8) is 0 Å². The van der Waals surface area contributed by atoms with Gasteiger partial charge in [0.15, 0.2) is 5.17 Å². The Bertz CT molecular complexity index is 769. The molecule has 1 saturated heterocycles. The van der Waals surface area contributed by atoms with Gasteiger partial charge in [-0.05, 0) is 36.4 Å². The highest BCUT2D eigenvalue weighted by atomic mass is 35.5. The third-order valence-corrected chi connectivity index (χ3v) is 5.24. The van der Waals surface area contributed by atoms with Gasteiger partial charge >= 0.3 is 0 Å². The molecule has 0 bridgehead atoms. The molecule has 4 nitrogen and oxygen atoms in total. The Morgan fingerprint density at radius 1 is 1.40 bits per heavy atom. The van der Waals surface area contributed by atoms with Gasteiger partial charge in [0, 0.05) is 30.1 Å². The molecule has 2 heterocycles. The van der Waals surface area contributed by atoms with Crippen molar-refractivity contribution >= 4 is 34.2 Å². The maximum absolute atomic E-state index is 13.3. The van der Waals surface area contributed by atoms with Crippen molar-refractivity contribution < 1.29 is 9.13 Å². The average Bonchev–Trinajstić information content (AvgIpc) is 3.09. The molecule has 25 heavy (non-hydrogen) atoms. The van der Waals surface area contributed by atoms with Gasteiger partial charge in [0.2, 0.25) is 5.88 Å². The molecular formula is C18H19ClFN3OS. The van der Waals surface area contributed by atoms with E-state index in [-0.39, 0.29) is 11.7 Å². The van der Waals surface area contributed by atoms with Crippen molar-refractivity contribution in [3.8, 4) is 5.88 Å². The van der Waals surface area contributed by atoms with E-state index in [1.807, 2.05) is 12.3 Å². The van der Waals surface area contributed by atoms with Crippen LogP contribution in [0.3, 0.4) is 0 Å². The van der Waals surface area contributed by atoms with E-state index < -0.39 is 0 Å². The largest absolute Gasteiger partial charge is 0.481 e. The SMILES string of the molecule is COc1ccc(N=C(SC)N2CCC(c3ccc(F)cc3Cl)C2)cn1. The zero-order valence-corrected chi connectivity index (χ0v) is 15.6. The lowest BCUT2D eigenvalue weighted by Gasteiger charge is -2.19. The minimum Gasteiger partial charge on any atom is -0.481 e. The van der Waals surface area contributed by atoms with E-state index in [9.17, 15) is 4.39 Å². The molecule has 1 aromatic carbocycles. The number of likely N-dealkylation sites (tertiary alicyclic amines) is 1. The van der Waals surface area contributed by atoms with Gasteiger partial charge in [0.05, 0.1) is 19.0 Å². The molecular weight excluding hydrogens is 361 g/mol. The van der Waals surface area contributed by atoms with E-state index >= 15 is 0 Å². The lowest BCUT2D eigenvalue weighted by atomic mass is 9.98. The highest BCUT2D eigenvalue weighted by molar-refractivity contribution is 8.13. The van der Waals surface area contributed by atoms with Crippen LogP contribution in [0.2, 0.25) is 5.02 Å². The zero-order chi connectivity index (χ0) is 17.8. The Kier molecular flexibility index (Phi) is 5.81. The molecule has 0 aliphatic carbocycles. The van der Waals surface area contributed by atoms with Crippen molar-refractivity contribution in [3.05, 3.63) is 52.9 Å². The number of nitrogens with zero attached hydrogens (tertiary/aromatic N) is 3. The van der Waals surface area contributed by atoms with E-state index in [0.717, 1.165) is 35.9 Å². The Morgan fingerprint density at radius 2 is 2.24 bits per heavy atom. The first kappa shape index (κ1) is 18.0. The molecule has 2 aromatic rings. The van der Waals surface area contributed by atoms with Crippen molar-refractivity contribution in [1.82, 2.24) is 9.88 Å². The summed E-state index contributed by atoms with van der Waals surface area (Å²) < 4.78 is 18.3. The minimum atomic E-state index is -0.304. The van der Waals surface area contributed by atoms with Gasteiger partial charge in [-0.3, -0.25) is 0 Å². The fourth-order valence-corrected chi connectivity index (χ4v) is 3.88. The van der Waals surface area contributed by atoms with Crippen LogP contribution in [0.25, 0.3) is 0 Å². The topological polar surface area (TPSA) is 37.7 Å². The van der Waals surface area contributed by atoms with Gasteiger partial charge in [-0.2, -0.15) is 0 Å². The van der Waals surface area contributed by atoms with Crippen LogP contribution in [0.1, 0.15) is 17.9 Å². The van der Waals surface area contributed by atoms with Gasteiger partial charge in [0.25, 0.3) is 0 Å². The molecule has 0 spiro atoms. The van der Waals surface area contributed by atoms with Crippen LogP contribution in [-0.2, 0) is 0 Å². The maximum atomic E-state index is 13.3. The summed E-state index contributed by atoms with van der Waals surface area (Å²) in [6, 6.07) is 8.31. The highest BCUT2D eigenvalue weighted by Crippen LogP contribution is 2.34. The molecule has 1 aliphatic rings. The van der Waals surface area contributed by atoms with Crippen LogP contribution in [0.4, 0.5) is 10.1 Å². The van der Waals surface area contributed by atoms with Crippen LogP contribution in [0.5, 0.6) is 5.88 Å². The molecule has 0 amide bonds. The van der Waals surface area contributed by atoms with E-state index in [4.69, 9.17) is 21.3 Å². The quantitative estimate of drug-likeness (QED) is 0.571. The number of methoxy groups -OCH3 is 1. The first-order chi connectivity index (χ1) is 12.1. The second-order valence-corrected chi connectivity index (χ2v) is 6.94. The normalized spacial score (nSPS) is 17.8. The summed E-state index contributed by atoms with van der Waals surface area (Å²) in [5.41, 5.74) is 1.78. The number of rotatable bonds is 3. The van der Waals surface area contributed by atoms with Crippen molar-refractivity contribution in [2.45, 2.75) is 12.3 Å². The molecule has 1 unspecified atom stereocenters. The van der Waals surface area contributed by atoms with Crippen molar-refractivity contribution in [2.24, 2.45) is 4.99 Å². The smallest absolute Gasteiger partial charge is 0.213 e. The van der Waals surface area contributed by atoms with Crippen LogP contribution in [0, 0.1) is 5.82 Å². The Balaban J connectivity index is 1.75. The molecule has 1 fully saturated rings. The number of halogens is 2. The first-order valence-electron chi connectivity index (χ1n) is 7.93. The lowest BCUT2D eigenvalue weighted by molar-refractivity contribution is 0.398. The molecule has 0 N–H and O–H groups in total. The maximum Gasteiger partial charge on any atom is 0.213 e. The predicted molar refractivity (Wildman–Crippen MR) is 102 cm³/mol. The number of aliphatic imine (C=N–C) groups is 1. The predicted octanol–water partition coefficient (Wildman–Crippen LogP) is 4.72. The molecule has 132 valence electrons. The molecule has 0 radical (unpaired) electrons. The van der Waals surface area contributed by atoms with Gasteiger partial charge in [-0.1, -0.05) is 29.4 Å². The Morgan fingerprint density at radius 3 is 2.88 bits per heavy atom.